The molecule has 1 aromatic heterocycles. The Hall–Kier alpha value is -1.71. The van der Waals surface area contributed by atoms with Crippen LogP contribution in [0.25, 0.3) is 22.0 Å². The molecule has 5 heteroatoms. The fraction of sp³-hybridized carbons (Fsp3) is 0.0625. The van der Waals surface area contributed by atoms with Crippen molar-refractivity contribution in [2.24, 2.45) is 0 Å². The second-order valence-electron chi connectivity index (χ2n) is 4.37. The summed E-state index contributed by atoms with van der Waals surface area (Å²) >= 11 is 0. The Bertz CT molecular complexity index is 746. The molecule has 109 valence electrons. The smallest absolute Gasteiger partial charge is 0.304 e. The van der Waals surface area contributed by atoms with Crippen LogP contribution < -0.4 is 0 Å². The molecule has 0 amide bonds. The molecular weight excluding hydrogens is 455 g/mol. The van der Waals surface area contributed by atoms with Crippen LogP contribution in [0.15, 0.2) is 54.7 Å². The van der Waals surface area contributed by atoms with Crippen molar-refractivity contribution in [1.29, 1.82) is 0 Å². The van der Waals surface area contributed by atoms with Crippen LogP contribution in [-0.2, 0) is 26.3 Å². The summed E-state index contributed by atoms with van der Waals surface area (Å²) in [6, 6.07) is 15.5. The number of benzene rings is 2. The van der Waals surface area contributed by atoms with E-state index in [9.17, 15) is 13.2 Å². The number of fused-ring (bicyclic) bond motifs is 1. The first-order valence-electron chi connectivity index (χ1n) is 5.99. The summed E-state index contributed by atoms with van der Waals surface area (Å²) in [5.74, 6) is 0. The molecule has 1 radical (unpaired) electrons. The van der Waals surface area contributed by atoms with E-state index in [2.05, 4.69) is 11.1 Å². The zero-order chi connectivity index (χ0) is 14.2. The third-order valence-electron chi connectivity index (χ3n) is 3.07. The predicted molar refractivity (Wildman–Crippen MR) is 71.0 cm³/mol. The maximum atomic E-state index is 12.5. The molecule has 1 heterocycles. The van der Waals surface area contributed by atoms with E-state index in [-0.39, 0.29) is 20.1 Å². The van der Waals surface area contributed by atoms with Gasteiger partial charge in [-0.15, -0.1) is 29.8 Å². The van der Waals surface area contributed by atoms with E-state index >= 15 is 0 Å². The molecule has 0 bridgehead atoms. The Kier molecular flexibility index (Phi) is 4.45. The summed E-state index contributed by atoms with van der Waals surface area (Å²) in [6.45, 7) is 0. The number of hydrogen-bond acceptors (Lipinski definition) is 1. The topological polar surface area (TPSA) is 12.9 Å². The number of halogens is 3. The van der Waals surface area contributed by atoms with Gasteiger partial charge in [-0.3, -0.25) is 0 Å². The Balaban J connectivity index is 0.00000161. The fourth-order valence-electron chi connectivity index (χ4n) is 2.08. The standard InChI is InChI=1S/C16H9F3N.Ir/c17-16(18,19)13-7-5-12(6-8-13)15-14-4-2-1-3-11(14)9-10-20-15;/h1-5,7-10H;/q-1;. The first kappa shape index (κ1) is 15.7. The summed E-state index contributed by atoms with van der Waals surface area (Å²) in [5.41, 5.74) is 0.480. The van der Waals surface area contributed by atoms with Crippen molar-refractivity contribution >= 4 is 10.8 Å². The zero-order valence-corrected chi connectivity index (χ0v) is 13.0. The van der Waals surface area contributed by atoms with Crippen LogP contribution in [0.2, 0.25) is 0 Å². The Morgan fingerprint density at radius 2 is 1.71 bits per heavy atom. The van der Waals surface area contributed by atoms with Crippen LogP contribution in [0, 0.1) is 6.07 Å². The summed E-state index contributed by atoms with van der Waals surface area (Å²) in [6.07, 6.45) is -2.70. The molecule has 21 heavy (non-hydrogen) atoms. The molecule has 0 N–H and O–H groups in total. The van der Waals surface area contributed by atoms with Crippen molar-refractivity contribution in [2.75, 3.05) is 0 Å². The zero-order valence-electron chi connectivity index (χ0n) is 10.6. The molecule has 1 nitrogen and oxygen atoms in total. The summed E-state index contributed by atoms with van der Waals surface area (Å²) in [5, 5.41) is 1.89. The third-order valence-corrected chi connectivity index (χ3v) is 3.07. The van der Waals surface area contributed by atoms with Crippen molar-refractivity contribution in [3.63, 3.8) is 0 Å². The molecule has 0 atom stereocenters. The number of alkyl halides is 3. The predicted octanol–water partition coefficient (Wildman–Crippen LogP) is 4.72. The summed E-state index contributed by atoms with van der Waals surface area (Å²) in [4.78, 5) is 4.26. The second kappa shape index (κ2) is 5.96. The Morgan fingerprint density at radius 3 is 2.38 bits per heavy atom. The van der Waals surface area contributed by atoms with E-state index in [4.69, 9.17) is 0 Å². The van der Waals surface area contributed by atoms with Crippen molar-refractivity contribution in [3.8, 4) is 11.3 Å². The van der Waals surface area contributed by atoms with Gasteiger partial charge in [-0.25, -0.2) is 0 Å². The van der Waals surface area contributed by atoms with Gasteiger partial charge in [-0.1, -0.05) is 24.3 Å². The molecule has 3 aromatic rings. The van der Waals surface area contributed by atoms with Gasteiger partial charge in [0, 0.05) is 26.3 Å². The third kappa shape index (κ3) is 3.14. The van der Waals surface area contributed by atoms with E-state index in [1.54, 1.807) is 6.20 Å². The summed E-state index contributed by atoms with van der Waals surface area (Å²) in [7, 11) is 0. The van der Waals surface area contributed by atoms with Crippen LogP contribution in [0.5, 0.6) is 0 Å². The molecule has 0 spiro atoms. The number of pyridine rings is 1. The molecular formula is C16H9F3IrN-. The van der Waals surface area contributed by atoms with Crippen molar-refractivity contribution in [3.05, 3.63) is 66.4 Å². The van der Waals surface area contributed by atoms with Crippen LogP contribution in [0.1, 0.15) is 5.56 Å². The first-order valence-corrected chi connectivity index (χ1v) is 5.99. The number of nitrogens with zero attached hydrogens (tertiary/aromatic N) is 1. The van der Waals surface area contributed by atoms with Crippen molar-refractivity contribution < 1.29 is 33.3 Å². The van der Waals surface area contributed by atoms with Crippen molar-refractivity contribution in [2.45, 2.75) is 6.18 Å². The summed E-state index contributed by atoms with van der Waals surface area (Å²) < 4.78 is 37.6. The number of aromatic nitrogens is 1. The van der Waals surface area contributed by atoms with Crippen LogP contribution in [0.4, 0.5) is 13.2 Å². The average Bonchev–Trinajstić information content (AvgIpc) is 2.46. The molecule has 0 unspecified atom stereocenters. The second-order valence-corrected chi connectivity index (χ2v) is 4.37. The molecule has 0 saturated heterocycles. The molecule has 0 aliphatic rings. The fourth-order valence-corrected chi connectivity index (χ4v) is 2.08. The van der Waals surface area contributed by atoms with Gasteiger partial charge in [0.05, 0.1) is 0 Å². The van der Waals surface area contributed by atoms with Gasteiger partial charge in [-0.2, -0.15) is 13.2 Å². The van der Waals surface area contributed by atoms with E-state index in [1.165, 1.54) is 6.07 Å². The maximum Gasteiger partial charge on any atom is 0.381 e. The largest absolute Gasteiger partial charge is 0.381 e. The van der Waals surface area contributed by atoms with Gasteiger partial charge in [0.25, 0.3) is 0 Å². The first-order chi connectivity index (χ1) is 9.55. The molecule has 0 saturated carbocycles. The van der Waals surface area contributed by atoms with E-state index < -0.39 is 11.7 Å². The van der Waals surface area contributed by atoms with Gasteiger partial charge < -0.3 is 4.98 Å². The van der Waals surface area contributed by atoms with Crippen LogP contribution in [0.3, 0.4) is 0 Å². The Morgan fingerprint density at radius 1 is 0.952 bits per heavy atom. The quantitative estimate of drug-likeness (QED) is 0.475. The van der Waals surface area contributed by atoms with E-state index in [1.807, 2.05) is 30.3 Å². The number of hydrogen-bond donors (Lipinski definition) is 0. The van der Waals surface area contributed by atoms with Crippen LogP contribution in [-0.4, -0.2) is 4.98 Å². The normalized spacial score (nSPS) is 11.2. The monoisotopic (exact) mass is 465 g/mol. The van der Waals surface area contributed by atoms with Gasteiger partial charge >= 0.3 is 6.18 Å². The molecule has 0 aliphatic carbocycles. The molecule has 0 fully saturated rings. The minimum absolute atomic E-state index is 0. The maximum absolute atomic E-state index is 12.5. The van der Waals surface area contributed by atoms with Crippen LogP contribution >= 0.6 is 0 Å². The van der Waals surface area contributed by atoms with E-state index in [0.717, 1.165) is 22.9 Å². The molecule has 2 aromatic carbocycles. The van der Waals surface area contributed by atoms with Gasteiger partial charge in [0.1, 0.15) is 0 Å². The SMILES string of the molecule is FC(F)(F)c1c[c-]c(-c2nccc3ccccc23)cc1.[Ir]. The van der Waals surface area contributed by atoms with Gasteiger partial charge in [0.15, 0.2) is 0 Å². The molecule has 3 rings (SSSR count). The van der Waals surface area contributed by atoms with E-state index in [0.29, 0.717) is 11.3 Å². The molecule has 0 aliphatic heterocycles. The Labute approximate surface area is 133 Å². The van der Waals surface area contributed by atoms with Crippen molar-refractivity contribution in [1.82, 2.24) is 4.98 Å². The van der Waals surface area contributed by atoms with Gasteiger partial charge in [0.2, 0.25) is 0 Å². The average molecular weight is 464 g/mol. The minimum atomic E-state index is -4.35. The van der Waals surface area contributed by atoms with Gasteiger partial charge in [-0.05, 0) is 28.1 Å². The number of rotatable bonds is 1. The minimum Gasteiger partial charge on any atom is -0.304 e.